The van der Waals surface area contributed by atoms with E-state index in [-0.39, 0.29) is 30.2 Å². The molecule has 2 aliphatic rings. The first kappa shape index (κ1) is 29.5. The molecule has 0 unspecified atom stereocenters. The highest BCUT2D eigenvalue weighted by molar-refractivity contribution is 6.02. The predicted molar refractivity (Wildman–Crippen MR) is 166 cm³/mol. The molecular weight excluding hydrogens is 560 g/mol. The van der Waals surface area contributed by atoms with Crippen molar-refractivity contribution >= 4 is 40.0 Å². The van der Waals surface area contributed by atoms with Gasteiger partial charge in [-0.1, -0.05) is 29.5 Å². The standard InChI is InChI=1S/C33H36N6O5/c1-23(40)24-8-14-27(15-9-24)39(31(41)22-38-30-7-3-2-6-29(30)35-36-38)32(33(42)34-21-28-5-4-18-44-28)25-10-12-26(13-11-25)37-16-19-43-20-17-37/h2-3,6-15,28,32H,4-5,16-22H2,1H3,(H,34,42)/t28-,32+/m1/s1. The smallest absolute Gasteiger partial charge is 0.249 e. The Labute approximate surface area is 255 Å². The van der Waals surface area contributed by atoms with Crippen molar-refractivity contribution in [2.75, 3.05) is 49.3 Å². The Kier molecular flexibility index (Phi) is 8.94. The van der Waals surface area contributed by atoms with E-state index in [0.717, 1.165) is 31.6 Å². The molecular formula is C33H36N6O5. The van der Waals surface area contributed by atoms with E-state index in [1.807, 2.05) is 48.5 Å². The fraction of sp³-hybridized carbons (Fsp3) is 0.364. The normalized spacial score (nSPS) is 17.4. The van der Waals surface area contributed by atoms with Crippen LogP contribution in [0.1, 0.15) is 41.7 Å². The lowest BCUT2D eigenvalue weighted by atomic mass is 10.0. The summed E-state index contributed by atoms with van der Waals surface area (Å²) >= 11 is 0. The van der Waals surface area contributed by atoms with E-state index in [4.69, 9.17) is 9.47 Å². The third-order valence-corrected chi connectivity index (χ3v) is 8.15. The fourth-order valence-corrected chi connectivity index (χ4v) is 5.76. The van der Waals surface area contributed by atoms with Gasteiger partial charge in [-0.2, -0.15) is 0 Å². The van der Waals surface area contributed by atoms with Crippen LogP contribution in [-0.4, -0.2) is 78.2 Å². The van der Waals surface area contributed by atoms with Crippen LogP contribution in [-0.2, 0) is 25.6 Å². The van der Waals surface area contributed by atoms with Crippen molar-refractivity contribution < 1.29 is 23.9 Å². The summed E-state index contributed by atoms with van der Waals surface area (Å²) in [5.74, 6) is -0.772. The molecule has 2 aliphatic heterocycles. The van der Waals surface area contributed by atoms with Crippen LogP contribution in [0.25, 0.3) is 11.0 Å². The monoisotopic (exact) mass is 596 g/mol. The summed E-state index contributed by atoms with van der Waals surface area (Å²) in [5, 5.41) is 11.5. The van der Waals surface area contributed by atoms with Gasteiger partial charge in [0.05, 0.1) is 24.8 Å². The second-order valence-electron chi connectivity index (χ2n) is 11.1. The molecule has 1 aromatic heterocycles. The van der Waals surface area contributed by atoms with Crippen molar-refractivity contribution in [3.05, 3.63) is 83.9 Å². The van der Waals surface area contributed by atoms with Crippen LogP contribution in [0.5, 0.6) is 0 Å². The van der Waals surface area contributed by atoms with Crippen LogP contribution in [0.4, 0.5) is 11.4 Å². The molecule has 2 amide bonds. The number of para-hydroxylation sites is 1. The Morgan fingerprint density at radius 3 is 2.43 bits per heavy atom. The summed E-state index contributed by atoms with van der Waals surface area (Å²) in [7, 11) is 0. The summed E-state index contributed by atoms with van der Waals surface area (Å²) in [6, 6.07) is 20.9. The summed E-state index contributed by atoms with van der Waals surface area (Å²) in [5.41, 5.74) is 4.05. The van der Waals surface area contributed by atoms with Gasteiger partial charge in [0.25, 0.3) is 0 Å². The zero-order chi connectivity index (χ0) is 30.5. The van der Waals surface area contributed by atoms with Crippen molar-refractivity contribution in [1.29, 1.82) is 0 Å². The minimum Gasteiger partial charge on any atom is -0.378 e. The number of hydrogen-bond acceptors (Lipinski definition) is 8. The molecule has 3 aromatic carbocycles. The number of Topliss-reactive ketones (excluding diaryl/α,β-unsaturated/α-hetero) is 1. The number of fused-ring (bicyclic) bond motifs is 1. The lowest BCUT2D eigenvalue weighted by molar-refractivity contribution is -0.127. The van der Waals surface area contributed by atoms with Crippen LogP contribution in [0.3, 0.4) is 0 Å². The number of morpholine rings is 1. The zero-order valence-electron chi connectivity index (χ0n) is 24.7. The molecule has 2 atom stereocenters. The van der Waals surface area contributed by atoms with Gasteiger partial charge >= 0.3 is 0 Å². The van der Waals surface area contributed by atoms with Crippen molar-refractivity contribution in [3.63, 3.8) is 0 Å². The number of anilines is 2. The van der Waals surface area contributed by atoms with Crippen molar-refractivity contribution in [1.82, 2.24) is 20.3 Å². The molecule has 0 radical (unpaired) electrons. The van der Waals surface area contributed by atoms with Gasteiger partial charge in [-0.05, 0) is 73.9 Å². The summed E-state index contributed by atoms with van der Waals surface area (Å²) in [6.07, 6.45) is 1.75. The second kappa shape index (κ2) is 13.4. The Bertz CT molecular complexity index is 1610. The van der Waals surface area contributed by atoms with Gasteiger partial charge in [0.1, 0.15) is 18.1 Å². The lowest BCUT2D eigenvalue weighted by Gasteiger charge is -2.33. The van der Waals surface area contributed by atoms with Gasteiger partial charge in [0.15, 0.2) is 5.78 Å². The van der Waals surface area contributed by atoms with Crippen LogP contribution in [0, 0.1) is 0 Å². The number of hydrogen-bond donors (Lipinski definition) is 1. The fourth-order valence-electron chi connectivity index (χ4n) is 5.76. The third-order valence-electron chi connectivity index (χ3n) is 8.15. The molecule has 0 spiro atoms. The van der Waals surface area contributed by atoms with Crippen LogP contribution in [0.2, 0.25) is 0 Å². The Morgan fingerprint density at radius 2 is 1.73 bits per heavy atom. The van der Waals surface area contributed by atoms with Crippen LogP contribution >= 0.6 is 0 Å². The number of aromatic nitrogens is 3. The molecule has 0 saturated carbocycles. The molecule has 0 aliphatic carbocycles. The van der Waals surface area contributed by atoms with Gasteiger partial charge in [-0.15, -0.1) is 5.10 Å². The van der Waals surface area contributed by atoms with E-state index in [1.54, 1.807) is 24.3 Å². The molecule has 11 nitrogen and oxygen atoms in total. The highest BCUT2D eigenvalue weighted by Crippen LogP contribution is 2.31. The number of carbonyl (C=O) groups excluding carboxylic acids is 3. The van der Waals surface area contributed by atoms with Crippen molar-refractivity contribution in [3.8, 4) is 0 Å². The number of ketones is 1. The highest BCUT2D eigenvalue weighted by Gasteiger charge is 2.34. The topological polar surface area (TPSA) is 119 Å². The van der Waals surface area contributed by atoms with E-state index in [2.05, 4.69) is 20.5 Å². The van der Waals surface area contributed by atoms with E-state index in [1.165, 1.54) is 16.5 Å². The van der Waals surface area contributed by atoms with Crippen LogP contribution in [0.15, 0.2) is 72.8 Å². The molecule has 1 N–H and O–H groups in total. The summed E-state index contributed by atoms with van der Waals surface area (Å²) < 4.78 is 12.8. The van der Waals surface area contributed by atoms with Gasteiger partial charge in [-0.3, -0.25) is 19.3 Å². The molecule has 2 fully saturated rings. The van der Waals surface area contributed by atoms with Gasteiger partial charge in [0, 0.05) is 43.2 Å². The Balaban J connectivity index is 1.38. The molecule has 6 rings (SSSR count). The lowest BCUT2D eigenvalue weighted by Crippen LogP contribution is -2.46. The molecule has 11 heteroatoms. The van der Waals surface area contributed by atoms with Crippen molar-refractivity contribution in [2.24, 2.45) is 0 Å². The number of rotatable bonds is 10. The van der Waals surface area contributed by atoms with Crippen molar-refractivity contribution in [2.45, 2.75) is 38.5 Å². The first-order valence-electron chi connectivity index (χ1n) is 15.0. The van der Waals surface area contributed by atoms with E-state index in [0.29, 0.717) is 54.2 Å². The van der Waals surface area contributed by atoms with Gasteiger partial charge < -0.3 is 19.7 Å². The number of benzene rings is 3. The molecule has 0 bridgehead atoms. The average Bonchev–Trinajstić information content (AvgIpc) is 3.73. The second-order valence-corrected chi connectivity index (χ2v) is 11.1. The minimum absolute atomic E-state index is 0.0659. The highest BCUT2D eigenvalue weighted by atomic mass is 16.5. The maximum Gasteiger partial charge on any atom is 0.249 e. The number of carbonyl (C=O) groups is 3. The quantitative estimate of drug-likeness (QED) is 0.276. The summed E-state index contributed by atoms with van der Waals surface area (Å²) in [6.45, 7) is 5.25. The minimum atomic E-state index is -0.999. The SMILES string of the molecule is CC(=O)c1ccc(N(C(=O)Cn2nnc3ccccc32)[C@H](C(=O)NC[C@H]2CCCO2)c2ccc(N3CCOCC3)cc2)cc1. The molecule has 3 heterocycles. The summed E-state index contributed by atoms with van der Waals surface area (Å²) in [4.78, 5) is 44.2. The number of nitrogens with one attached hydrogen (secondary N) is 1. The molecule has 4 aromatic rings. The zero-order valence-corrected chi connectivity index (χ0v) is 24.7. The first-order valence-corrected chi connectivity index (χ1v) is 15.0. The number of amides is 2. The third kappa shape index (κ3) is 6.48. The maximum atomic E-state index is 14.3. The van der Waals surface area contributed by atoms with Gasteiger partial charge in [-0.25, -0.2) is 4.68 Å². The van der Waals surface area contributed by atoms with E-state index < -0.39 is 6.04 Å². The average molecular weight is 597 g/mol. The van der Waals surface area contributed by atoms with Gasteiger partial charge in [0.2, 0.25) is 11.8 Å². The number of ether oxygens (including phenoxy) is 2. The molecule has 228 valence electrons. The van der Waals surface area contributed by atoms with E-state index >= 15 is 0 Å². The first-order chi connectivity index (χ1) is 21.5. The number of nitrogens with zero attached hydrogens (tertiary/aromatic N) is 5. The van der Waals surface area contributed by atoms with E-state index in [9.17, 15) is 14.4 Å². The molecule has 2 saturated heterocycles. The maximum absolute atomic E-state index is 14.3. The predicted octanol–water partition coefficient (Wildman–Crippen LogP) is 3.54. The largest absolute Gasteiger partial charge is 0.378 e. The Morgan fingerprint density at radius 1 is 0.977 bits per heavy atom. The molecule has 44 heavy (non-hydrogen) atoms. The Hall–Kier alpha value is -4.61. The van der Waals surface area contributed by atoms with Crippen LogP contribution < -0.4 is 15.1 Å².